The lowest BCUT2D eigenvalue weighted by atomic mass is 9.86. The molecular weight excluding hydrogens is 376 g/mol. The molecule has 1 aromatic carbocycles. The Morgan fingerprint density at radius 2 is 2.03 bits per heavy atom. The van der Waals surface area contributed by atoms with Crippen molar-refractivity contribution in [2.75, 3.05) is 13.1 Å². The lowest BCUT2D eigenvalue weighted by Crippen LogP contribution is -2.43. The summed E-state index contributed by atoms with van der Waals surface area (Å²) in [5.74, 6) is 1.69. The average Bonchev–Trinajstić information content (AvgIpc) is 3.41. The molecule has 0 aliphatic carbocycles. The van der Waals surface area contributed by atoms with Crippen LogP contribution in [0.4, 0.5) is 0 Å². The van der Waals surface area contributed by atoms with E-state index in [1.165, 1.54) is 0 Å². The molecule has 1 N–H and O–H groups in total. The summed E-state index contributed by atoms with van der Waals surface area (Å²) >= 11 is 0. The molecule has 1 amide bonds. The molecule has 0 saturated carbocycles. The number of nitrogens with one attached hydrogen (secondary N) is 1. The van der Waals surface area contributed by atoms with Crippen LogP contribution < -0.4 is 0 Å². The van der Waals surface area contributed by atoms with Crippen molar-refractivity contribution in [3.05, 3.63) is 65.9 Å². The van der Waals surface area contributed by atoms with E-state index >= 15 is 0 Å². The second-order valence-electron chi connectivity index (χ2n) is 8.04. The van der Waals surface area contributed by atoms with Crippen molar-refractivity contribution in [2.24, 2.45) is 5.92 Å². The topological polar surface area (TPSA) is 90.1 Å². The number of likely N-dealkylation sites (tertiary alicyclic amines) is 1. The van der Waals surface area contributed by atoms with E-state index in [0.717, 1.165) is 41.0 Å². The molecular formula is C23H22N6O. The van der Waals surface area contributed by atoms with Gasteiger partial charge in [0, 0.05) is 25.2 Å². The Labute approximate surface area is 174 Å². The predicted octanol–water partition coefficient (Wildman–Crippen LogP) is 3.28. The number of carbonyl (C=O) groups is 1. The van der Waals surface area contributed by atoms with Gasteiger partial charge in [-0.3, -0.25) is 9.20 Å². The number of imidazole rings is 1. The molecule has 30 heavy (non-hydrogen) atoms. The summed E-state index contributed by atoms with van der Waals surface area (Å²) in [6.45, 7) is 3.66. The molecule has 1 aliphatic heterocycles. The van der Waals surface area contributed by atoms with Crippen LogP contribution in [0, 0.1) is 17.2 Å². The van der Waals surface area contributed by atoms with E-state index in [4.69, 9.17) is 10.2 Å². The minimum Gasteiger partial charge on any atom is -0.345 e. The highest BCUT2D eigenvalue weighted by molar-refractivity contribution is 5.79. The number of fused-ring (bicyclic) bond motifs is 3. The zero-order valence-corrected chi connectivity index (χ0v) is 16.7. The van der Waals surface area contributed by atoms with Crippen LogP contribution in [-0.2, 0) is 11.2 Å². The zero-order valence-electron chi connectivity index (χ0n) is 16.7. The molecule has 0 bridgehead atoms. The van der Waals surface area contributed by atoms with E-state index < -0.39 is 0 Å². The molecule has 5 rings (SSSR count). The largest absolute Gasteiger partial charge is 0.345 e. The Bertz CT molecular complexity index is 1260. The Morgan fingerprint density at radius 3 is 2.83 bits per heavy atom. The third-order valence-corrected chi connectivity index (χ3v) is 6.17. The molecule has 7 nitrogen and oxygen atoms in total. The summed E-state index contributed by atoms with van der Waals surface area (Å²) in [6.07, 6.45) is 6.87. The molecule has 0 radical (unpaired) electrons. The second kappa shape index (κ2) is 7.30. The molecule has 2 unspecified atom stereocenters. The number of nitriles is 1. The highest BCUT2D eigenvalue weighted by Gasteiger charge is 2.32. The molecule has 1 aliphatic rings. The number of hydrogen-bond acceptors (Lipinski definition) is 4. The number of hydrogen-bond donors (Lipinski definition) is 1. The van der Waals surface area contributed by atoms with E-state index in [1.807, 2.05) is 41.7 Å². The van der Waals surface area contributed by atoms with Gasteiger partial charge in [-0.2, -0.15) is 5.26 Å². The maximum absolute atomic E-state index is 13.0. The third-order valence-electron chi connectivity index (χ3n) is 6.17. The first-order valence-electron chi connectivity index (χ1n) is 10.2. The minimum atomic E-state index is 0.117. The van der Waals surface area contributed by atoms with Crippen molar-refractivity contribution in [1.82, 2.24) is 24.3 Å². The molecule has 2 atom stereocenters. The van der Waals surface area contributed by atoms with Crippen molar-refractivity contribution < 1.29 is 4.79 Å². The number of amides is 1. The van der Waals surface area contributed by atoms with E-state index in [0.29, 0.717) is 24.4 Å². The maximum Gasteiger partial charge on any atom is 0.227 e. The van der Waals surface area contributed by atoms with Gasteiger partial charge in [-0.1, -0.05) is 19.1 Å². The smallest absolute Gasteiger partial charge is 0.227 e. The average molecular weight is 398 g/mol. The summed E-state index contributed by atoms with van der Waals surface area (Å²) < 4.78 is 2.16. The van der Waals surface area contributed by atoms with Gasteiger partial charge < -0.3 is 9.88 Å². The van der Waals surface area contributed by atoms with E-state index in [1.54, 1.807) is 12.1 Å². The monoisotopic (exact) mass is 398 g/mol. The van der Waals surface area contributed by atoms with Crippen LogP contribution in [0.15, 0.2) is 48.9 Å². The molecule has 4 aromatic rings. The molecule has 0 spiro atoms. The number of H-pyrrole nitrogens is 1. The summed E-state index contributed by atoms with van der Waals surface area (Å²) in [4.78, 5) is 27.3. The molecule has 4 heterocycles. The highest BCUT2D eigenvalue weighted by atomic mass is 16.2. The van der Waals surface area contributed by atoms with Crippen LogP contribution in [0.2, 0.25) is 0 Å². The highest BCUT2D eigenvalue weighted by Crippen LogP contribution is 2.33. The molecule has 1 fully saturated rings. The number of nitrogens with zero attached hydrogens (tertiary/aromatic N) is 5. The number of aromatic nitrogens is 4. The van der Waals surface area contributed by atoms with Crippen molar-refractivity contribution in [3.8, 4) is 6.07 Å². The van der Waals surface area contributed by atoms with E-state index in [-0.39, 0.29) is 11.8 Å². The fourth-order valence-corrected chi connectivity index (χ4v) is 4.38. The number of rotatable bonds is 3. The quantitative estimate of drug-likeness (QED) is 0.573. The Morgan fingerprint density at radius 1 is 1.23 bits per heavy atom. The van der Waals surface area contributed by atoms with Gasteiger partial charge in [-0.15, -0.1) is 0 Å². The zero-order chi connectivity index (χ0) is 20.7. The Kier molecular flexibility index (Phi) is 4.47. The maximum atomic E-state index is 13.0. The first-order valence-corrected chi connectivity index (χ1v) is 10.2. The summed E-state index contributed by atoms with van der Waals surface area (Å²) in [5.41, 5.74) is 4.34. The van der Waals surface area contributed by atoms with Gasteiger partial charge in [-0.05, 0) is 36.1 Å². The molecule has 1 saturated heterocycles. The van der Waals surface area contributed by atoms with Crippen molar-refractivity contribution in [1.29, 1.82) is 5.26 Å². The Hall–Kier alpha value is -3.66. The fourth-order valence-electron chi connectivity index (χ4n) is 4.38. The number of benzene rings is 1. The molecule has 7 heteroatoms. The first-order chi connectivity index (χ1) is 14.6. The van der Waals surface area contributed by atoms with E-state index in [9.17, 15) is 4.79 Å². The number of piperidine rings is 1. The molecule has 150 valence electrons. The van der Waals surface area contributed by atoms with Gasteiger partial charge >= 0.3 is 0 Å². The van der Waals surface area contributed by atoms with Gasteiger partial charge in [0.2, 0.25) is 5.91 Å². The molecule has 3 aromatic heterocycles. The fraction of sp³-hybridized carbons (Fsp3) is 0.304. The Balaban J connectivity index is 1.41. The third kappa shape index (κ3) is 3.11. The minimum absolute atomic E-state index is 0.117. The lowest BCUT2D eigenvalue weighted by molar-refractivity contribution is -0.132. The number of carbonyl (C=O) groups excluding carboxylic acids is 1. The second-order valence-corrected chi connectivity index (χ2v) is 8.04. The van der Waals surface area contributed by atoms with Gasteiger partial charge in [0.05, 0.1) is 41.5 Å². The SMILES string of the molecule is CC1CCN(C(=O)Cc2ccc(C#N)cc2)CC1c1ncc2cnc3[nH]ccc3n12. The summed E-state index contributed by atoms with van der Waals surface area (Å²) in [5, 5.41) is 8.95. The van der Waals surface area contributed by atoms with Crippen molar-refractivity contribution >= 4 is 22.6 Å². The van der Waals surface area contributed by atoms with Crippen LogP contribution in [-0.4, -0.2) is 43.2 Å². The normalized spacial score (nSPS) is 19.3. The lowest BCUT2D eigenvalue weighted by Gasteiger charge is -2.36. The number of aromatic amines is 1. The van der Waals surface area contributed by atoms with Gasteiger partial charge in [0.25, 0.3) is 0 Å². The van der Waals surface area contributed by atoms with Crippen LogP contribution >= 0.6 is 0 Å². The summed E-state index contributed by atoms with van der Waals surface area (Å²) in [6, 6.07) is 11.4. The van der Waals surface area contributed by atoms with E-state index in [2.05, 4.69) is 27.4 Å². The van der Waals surface area contributed by atoms with Gasteiger partial charge in [0.15, 0.2) is 5.65 Å². The van der Waals surface area contributed by atoms with Crippen LogP contribution in [0.25, 0.3) is 16.7 Å². The van der Waals surface area contributed by atoms with Crippen LogP contribution in [0.5, 0.6) is 0 Å². The van der Waals surface area contributed by atoms with Crippen LogP contribution in [0.3, 0.4) is 0 Å². The van der Waals surface area contributed by atoms with Crippen molar-refractivity contribution in [2.45, 2.75) is 25.7 Å². The van der Waals surface area contributed by atoms with Crippen LogP contribution in [0.1, 0.15) is 36.2 Å². The standard InChI is InChI=1S/C23H22N6O/c1-15-7-9-28(21(30)10-16-2-4-17(11-24)5-3-16)14-19(15)23-27-13-18-12-26-22-20(29(18)23)6-8-25-22/h2-6,8,12-13,15,19,25H,7,9-10,14H2,1H3. The first kappa shape index (κ1) is 18.4. The van der Waals surface area contributed by atoms with Gasteiger partial charge in [-0.25, -0.2) is 9.97 Å². The summed E-state index contributed by atoms with van der Waals surface area (Å²) in [7, 11) is 0. The van der Waals surface area contributed by atoms with Gasteiger partial charge in [0.1, 0.15) is 5.82 Å². The predicted molar refractivity (Wildman–Crippen MR) is 113 cm³/mol. The van der Waals surface area contributed by atoms with Crippen molar-refractivity contribution in [3.63, 3.8) is 0 Å².